The van der Waals surface area contributed by atoms with E-state index in [9.17, 15) is 9.59 Å². The van der Waals surface area contributed by atoms with Crippen molar-refractivity contribution < 1.29 is 9.59 Å². The maximum atomic E-state index is 11.9. The van der Waals surface area contributed by atoms with Crippen molar-refractivity contribution in [2.24, 2.45) is 5.73 Å². The Kier molecular flexibility index (Phi) is 7.16. The minimum Gasteiger partial charge on any atom is -0.370 e. The maximum Gasteiger partial charge on any atom is 0.225 e. The minimum atomic E-state index is -0.472. The Morgan fingerprint density at radius 2 is 1.84 bits per heavy atom. The summed E-state index contributed by atoms with van der Waals surface area (Å²) in [6.45, 7) is 5.83. The molecule has 25 heavy (non-hydrogen) atoms. The molecule has 0 aliphatic carbocycles. The second-order valence-corrected chi connectivity index (χ2v) is 6.72. The highest BCUT2D eigenvalue weighted by molar-refractivity contribution is 5.83. The van der Waals surface area contributed by atoms with Crippen molar-refractivity contribution in [3.05, 3.63) is 17.5 Å². The van der Waals surface area contributed by atoms with Gasteiger partial charge in [-0.3, -0.25) is 9.59 Å². The SMILES string of the molecule is Cc1nc(N2CCCCCCC2)ncc1[C@@H](C)NC(=O)CCC(N)=O. The van der Waals surface area contributed by atoms with Gasteiger partial charge in [-0.25, -0.2) is 9.97 Å². The molecule has 3 N–H and O–H groups in total. The molecule has 1 atom stereocenters. The summed E-state index contributed by atoms with van der Waals surface area (Å²) in [5, 5.41) is 2.87. The lowest BCUT2D eigenvalue weighted by molar-refractivity contribution is -0.125. The highest BCUT2D eigenvalue weighted by Crippen LogP contribution is 2.20. The molecule has 0 aromatic carbocycles. The van der Waals surface area contributed by atoms with Crippen molar-refractivity contribution in [3.8, 4) is 0 Å². The molecule has 2 heterocycles. The predicted molar refractivity (Wildman–Crippen MR) is 97.1 cm³/mol. The molecule has 1 saturated heterocycles. The second-order valence-electron chi connectivity index (χ2n) is 6.72. The van der Waals surface area contributed by atoms with Gasteiger partial charge in [0.15, 0.2) is 0 Å². The van der Waals surface area contributed by atoms with Crippen LogP contribution in [0.2, 0.25) is 0 Å². The van der Waals surface area contributed by atoms with E-state index in [1.165, 1.54) is 32.1 Å². The number of hydrogen-bond donors (Lipinski definition) is 2. The first kappa shape index (κ1) is 19.1. The molecule has 2 amide bonds. The van der Waals surface area contributed by atoms with Crippen LogP contribution in [0, 0.1) is 6.92 Å². The molecular weight excluding hydrogens is 318 g/mol. The molecule has 0 bridgehead atoms. The number of nitrogens with two attached hydrogens (primary N) is 1. The highest BCUT2D eigenvalue weighted by Gasteiger charge is 2.17. The van der Waals surface area contributed by atoms with Gasteiger partial charge >= 0.3 is 0 Å². The van der Waals surface area contributed by atoms with Gasteiger partial charge in [0.2, 0.25) is 17.8 Å². The molecule has 1 fully saturated rings. The first-order chi connectivity index (χ1) is 12.0. The van der Waals surface area contributed by atoms with Crippen molar-refractivity contribution >= 4 is 17.8 Å². The third kappa shape index (κ3) is 5.99. The fraction of sp³-hybridized carbons (Fsp3) is 0.667. The average molecular weight is 347 g/mol. The van der Waals surface area contributed by atoms with Crippen LogP contribution in [0.15, 0.2) is 6.20 Å². The molecule has 1 aliphatic rings. The van der Waals surface area contributed by atoms with E-state index in [1.54, 1.807) is 6.20 Å². The Labute approximate surface area is 149 Å². The predicted octanol–water partition coefficient (Wildman–Crippen LogP) is 2.00. The number of primary amides is 1. The zero-order chi connectivity index (χ0) is 18.2. The smallest absolute Gasteiger partial charge is 0.225 e. The number of nitrogens with zero attached hydrogens (tertiary/aromatic N) is 3. The van der Waals surface area contributed by atoms with Gasteiger partial charge in [-0.05, 0) is 26.7 Å². The van der Waals surface area contributed by atoms with Gasteiger partial charge in [-0.15, -0.1) is 0 Å². The van der Waals surface area contributed by atoms with E-state index in [0.29, 0.717) is 0 Å². The third-order valence-electron chi connectivity index (χ3n) is 4.59. The number of anilines is 1. The van der Waals surface area contributed by atoms with E-state index in [1.807, 2.05) is 13.8 Å². The standard InChI is InChI=1S/C18H29N5O2/c1-13(21-17(25)9-8-16(19)24)15-12-20-18(22-14(15)2)23-10-6-4-3-5-7-11-23/h12-13H,3-11H2,1-2H3,(H2,19,24)(H,21,25)/t13-/m1/s1. The highest BCUT2D eigenvalue weighted by atomic mass is 16.2. The molecule has 2 rings (SSSR count). The van der Waals surface area contributed by atoms with Crippen molar-refractivity contribution in [1.82, 2.24) is 15.3 Å². The monoisotopic (exact) mass is 347 g/mol. The van der Waals surface area contributed by atoms with Gasteiger partial charge in [-0.1, -0.05) is 19.3 Å². The van der Waals surface area contributed by atoms with E-state index in [0.717, 1.165) is 30.3 Å². The summed E-state index contributed by atoms with van der Waals surface area (Å²) in [5.41, 5.74) is 6.83. The zero-order valence-electron chi connectivity index (χ0n) is 15.3. The molecule has 0 radical (unpaired) electrons. The summed E-state index contributed by atoms with van der Waals surface area (Å²) in [7, 11) is 0. The molecule has 7 heteroatoms. The maximum absolute atomic E-state index is 11.9. The Hall–Kier alpha value is -2.18. The van der Waals surface area contributed by atoms with Gasteiger partial charge in [0, 0.05) is 43.4 Å². The topological polar surface area (TPSA) is 101 Å². The summed E-state index contributed by atoms with van der Waals surface area (Å²) in [6, 6.07) is -0.207. The van der Waals surface area contributed by atoms with Crippen LogP contribution in [-0.4, -0.2) is 34.9 Å². The van der Waals surface area contributed by atoms with Gasteiger partial charge in [-0.2, -0.15) is 0 Å². The molecule has 0 spiro atoms. The number of nitrogens with one attached hydrogen (secondary N) is 1. The first-order valence-electron chi connectivity index (χ1n) is 9.13. The first-order valence-corrected chi connectivity index (χ1v) is 9.13. The molecule has 138 valence electrons. The molecule has 0 saturated carbocycles. The lowest BCUT2D eigenvalue weighted by Gasteiger charge is -2.25. The second kappa shape index (κ2) is 9.34. The van der Waals surface area contributed by atoms with Gasteiger partial charge in [0.25, 0.3) is 0 Å². The van der Waals surface area contributed by atoms with E-state index in [-0.39, 0.29) is 24.8 Å². The van der Waals surface area contributed by atoms with Crippen molar-refractivity contribution in [3.63, 3.8) is 0 Å². The molecular formula is C18H29N5O2. The Bertz CT molecular complexity index is 597. The minimum absolute atomic E-state index is 0.0575. The van der Waals surface area contributed by atoms with E-state index in [4.69, 9.17) is 5.73 Å². The van der Waals surface area contributed by atoms with Crippen LogP contribution in [-0.2, 0) is 9.59 Å². The van der Waals surface area contributed by atoms with E-state index >= 15 is 0 Å². The fourth-order valence-corrected chi connectivity index (χ4v) is 3.12. The summed E-state index contributed by atoms with van der Waals surface area (Å²) in [5.74, 6) is 0.105. The van der Waals surface area contributed by atoms with Crippen LogP contribution in [0.25, 0.3) is 0 Å². The number of rotatable bonds is 6. The van der Waals surface area contributed by atoms with Crippen molar-refractivity contribution in [1.29, 1.82) is 0 Å². The number of hydrogen-bond acceptors (Lipinski definition) is 5. The molecule has 7 nitrogen and oxygen atoms in total. The largest absolute Gasteiger partial charge is 0.370 e. The fourth-order valence-electron chi connectivity index (χ4n) is 3.12. The number of carbonyl (C=O) groups excluding carboxylic acids is 2. The number of aromatic nitrogens is 2. The number of amides is 2. The molecule has 1 aromatic heterocycles. The normalized spacial score (nSPS) is 16.6. The van der Waals surface area contributed by atoms with Crippen LogP contribution >= 0.6 is 0 Å². The quantitative estimate of drug-likeness (QED) is 0.819. The van der Waals surface area contributed by atoms with Crippen molar-refractivity contribution in [2.75, 3.05) is 18.0 Å². The molecule has 1 aromatic rings. The van der Waals surface area contributed by atoms with Gasteiger partial charge < -0.3 is 16.0 Å². The molecule has 0 unspecified atom stereocenters. The number of aryl methyl sites for hydroxylation is 1. The lowest BCUT2D eigenvalue weighted by Crippen LogP contribution is -2.30. The van der Waals surface area contributed by atoms with Crippen LogP contribution in [0.3, 0.4) is 0 Å². The third-order valence-corrected chi connectivity index (χ3v) is 4.59. The summed E-state index contributed by atoms with van der Waals surface area (Å²) in [4.78, 5) is 34.1. The summed E-state index contributed by atoms with van der Waals surface area (Å²) in [6.07, 6.45) is 8.17. The van der Waals surface area contributed by atoms with Crippen LogP contribution < -0.4 is 16.0 Å². The van der Waals surface area contributed by atoms with Crippen LogP contribution in [0.1, 0.15) is 69.2 Å². The Morgan fingerprint density at radius 1 is 1.20 bits per heavy atom. The van der Waals surface area contributed by atoms with Gasteiger partial charge in [0.1, 0.15) is 0 Å². The van der Waals surface area contributed by atoms with E-state index in [2.05, 4.69) is 20.2 Å². The van der Waals surface area contributed by atoms with Crippen LogP contribution in [0.5, 0.6) is 0 Å². The average Bonchev–Trinajstić information content (AvgIpc) is 2.52. The number of carbonyl (C=O) groups is 2. The summed E-state index contributed by atoms with van der Waals surface area (Å²) >= 11 is 0. The summed E-state index contributed by atoms with van der Waals surface area (Å²) < 4.78 is 0. The Balaban J connectivity index is 2.00. The lowest BCUT2D eigenvalue weighted by atomic mass is 10.1. The van der Waals surface area contributed by atoms with Crippen molar-refractivity contribution in [2.45, 2.75) is 64.8 Å². The Morgan fingerprint density at radius 3 is 2.44 bits per heavy atom. The van der Waals surface area contributed by atoms with E-state index < -0.39 is 5.91 Å². The molecule has 1 aliphatic heterocycles. The van der Waals surface area contributed by atoms with Gasteiger partial charge in [0.05, 0.1) is 6.04 Å². The zero-order valence-corrected chi connectivity index (χ0v) is 15.3. The van der Waals surface area contributed by atoms with Crippen LogP contribution in [0.4, 0.5) is 5.95 Å².